The molecule has 0 saturated heterocycles. The highest BCUT2D eigenvalue weighted by Crippen LogP contribution is 2.24. The first kappa shape index (κ1) is 12.3. The standard InChI is InChI=1S/C15H13N3O2/c1-10(11-5-3-2-4-6-11)15-17-14(18-20-15)12-7-8-13(19)16-9-12/h2-10H,1H3,(H,16,19)/t10-/m0/s1. The maximum absolute atomic E-state index is 11.0. The van der Waals surface area contributed by atoms with E-state index in [1.165, 1.54) is 6.07 Å². The van der Waals surface area contributed by atoms with Gasteiger partial charge in [0.15, 0.2) is 0 Å². The van der Waals surface area contributed by atoms with E-state index in [4.69, 9.17) is 4.52 Å². The minimum Gasteiger partial charge on any atom is -0.338 e. The van der Waals surface area contributed by atoms with Gasteiger partial charge in [-0.2, -0.15) is 4.98 Å². The number of benzene rings is 1. The lowest BCUT2D eigenvalue weighted by Gasteiger charge is -2.05. The zero-order chi connectivity index (χ0) is 13.9. The molecule has 0 aliphatic rings. The predicted octanol–water partition coefficient (Wildman–Crippen LogP) is 2.58. The van der Waals surface area contributed by atoms with Crippen molar-refractivity contribution in [2.45, 2.75) is 12.8 Å². The Hall–Kier alpha value is -2.69. The zero-order valence-electron chi connectivity index (χ0n) is 10.9. The summed E-state index contributed by atoms with van der Waals surface area (Å²) in [6, 6.07) is 13.1. The first-order valence-electron chi connectivity index (χ1n) is 6.32. The van der Waals surface area contributed by atoms with Gasteiger partial charge in [-0.1, -0.05) is 35.5 Å². The predicted molar refractivity (Wildman–Crippen MR) is 74.3 cm³/mol. The fourth-order valence-corrected chi connectivity index (χ4v) is 1.96. The SMILES string of the molecule is C[C@@H](c1ccccc1)c1nc(-c2ccc(=O)[nH]c2)no1. The van der Waals surface area contributed by atoms with E-state index in [2.05, 4.69) is 15.1 Å². The fraction of sp³-hybridized carbons (Fsp3) is 0.133. The van der Waals surface area contributed by atoms with Gasteiger partial charge < -0.3 is 9.51 Å². The molecule has 1 aromatic carbocycles. The summed E-state index contributed by atoms with van der Waals surface area (Å²) in [6.45, 7) is 2.01. The smallest absolute Gasteiger partial charge is 0.247 e. The van der Waals surface area contributed by atoms with Gasteiger partial charge in [-0.05, 0) is 18.6 Å². The first-order valence-corrected chi connectivity index (χ1v) is 6.32. The van der Waals surface area contributed by atoms with Crippen molar-refractivity contribution in [1.82, 2.24) is 15.1 Å². The number of hydrogen-bond acceptors (Lipinski definition) is 4. The van der Waals surface area contributed by atoms with E-state index in [0.29, 0.717) is 11.7 Å². The van der Waals surface area contributed by atoms with Crippen LogP contribution in [-0.4, -0.2) is 15.1 Å². The van der Waals surface area contributed by atoms with Crippen molar-refractivity contribution in [2.24, 2.45) is 0 Å². The molecule has 20 heavy (non-hydrogen) atoms. The van der Waals surface area contributed by atoms with Crippen LogP contribution >= 0.6 is 0 Å². The van der Waals surface area contributed by atoms with E-state index in [1.54, 1.807) is 12.3 Å². The van der Waals surface area contributed by atoms with Crippen LogP contribution in [0.3, 0.4) is 0 Å². The van der Waals surface area contributed by atoms with Gasteiger partial charge in [0.1, 0.15) is 0 Å². The molecule has 0 aliphatic carbocycles. The average Bonchev–Trinajstić information content (AvgIpc) is 2.98. The van der Waals surface area contributed by atoms with Gasteiger partial charge in [0.05, 0.1) is 5.92 Å². The van der Waals surface area contributed by atoms with Gasteiger partial charge in [0.25, 0.3) is 0 Å². The molecule has 2 aromatic heterocycles. The number of rotatable bonds is 3. The maximum atomic E-state index is 11.0. The Morgan fingerprint density at radius 1 is 1.15 bits per heavy atom. The van der Waals surface area contributed by atoms with Crippen LogP contribution < -0.4 is 5.56 Å². The van der Waals surface area contributed by atoms with E-state index < -0.39 is 0 Å². The molecule has 1 N–H and O–H groups in total. The minimum atomic E-state index is -0.157. The second-order valence-electron chi connectivity index (χ2n) is 4.53. The van der Waals surface area contributed by atoms with Crippen LogP contribution in [0.25, 0.3) is 11.4 Å². The van der Waals surface area contributed by atoms with E-state index in [0.717, 1.165) is 11.1 Å². The highest BCUT2D eigenvalue weighted by Gasteiger charge is 2.16. The monoisotopic (exact) mass is 267 g/mol. The van der Waals surface area contributed by atoms with Gasteiger partial charge >= 0.3 is 0 Å². The quantitative estimate of drug-likeness (QED) is 0.791. The zero-order valence-corrected chi connectivity index (χ0v) is 10.9. The third-order valence-electron chi connectivity index (χ3n) is 3.15. The summed E-state index contributed by atoms with van der Waals surface area (Å²) in [7, 11) is 0. The molecule has 2 heterocycles. The topological polar surface area (TPSA) is 71.8 Å². The van der Waals surface area contributed by atoms with E-state index >= 15 is 0 Å². The summed E-state index contributed by atoms with van der Waals surface area (Å²) in [5.74, 6) is 1.05. The van der Waals surface area contributed by atoms with Gasteiger partial charge in [-0.3, -0.25) is 4.79 Å². The molecule has 3 rings (SSSR count). The molecule has 0 fully saturated rings. The summed E-state index contributed by atoms with van der Waals surface area (Å²) >= 11 is 0. The summed E-state index contributed by atoms with van der Waals surface area (Å²) in [5, 5.41) is 3.95. The van der Waals surface area contributed by atoms with Crippen LogP contribution in [0.2, 0.25) is 0 Å². The Morgan fingerprint density at radius 2 is 1.95 bits per heavy atom. The van der Waals surface area contributed by atoms with Crippen molar-refractivity contribution in [1.29, 1.82) is 0 Å². The van der Waals surface area contributed by atoms with Gasteiger partial charge in [-0.25, -0.2) is 0 Å². The number of nitrogens with zero attached hydrogens (tertiary/aromatic N) is 2. The Kier molecular flexibility index (Phi) is 3.16. The molecule has 5 heteroatoms. The Balaban J connectivity index is 1.90. The maximum Gasteiger partial charge on any atom is 0.247 e. The molecule has 100 valence electrons. The van der Waals surface area contributed by atoms with E-state index in [-0.39, 0.29) is 11.5 Å². The van der Waals surface area contributed by atoms with Crippen LogP contribution in [0.4, 0.5) is 0 Å². The van der Waals surface area contributed by atoms with Crippen molar-refractivity contribution in [3.63, 3.8) is 0 Å². The molecule has 0 spiro atoms. The molecule has 0 amide bonds. The van der Waals surface area contributed by atoms with E-state index in [9.17, 15) is 4.79 Å². The van der Waals surface area contributed by atoms with Crippen molar-refractivity contribution < 1.29 is 4.52 Å². The van der Waals surface area contributed by atoms with Crippen LogP contribution in [0.5, 0.6) is 0 Å². The van der Waals surface area contributed by atoms with Crippen molar-refractivity contribution in [3.05, 3.63) is 70.5 Å². The van der Waals surface area contributed by atoms with Crippen LogP contribution in [-0.2, 0) is 0 Å². The molecular weight excluding hydrogens is 254 g/mol. The largest absolute Gasteiger partial charge is 0.338 e. The lowest BCUT2D eigenvalue weighted by Crippen LogP contribution is -2.01. The highest BCUT2D eigenvalue weighted by molar-refractivity contribution is 5.52. The number of H-pyrrole nitrogens is 1. The molecule has 0 saturated carbocycles. The summed E-state index contributed by atoms with van der Waals surface area (Å²) < 4.78 is 5.31. The normalized spacial score (nSPS) is 12.2. The molecule has 5 nitrogen and oxygen atoms in total. The molecule has 0 unspecified atom stereocenters. The van der Waals surface area contributed by atoms with Crippen LogP contribution in [0.1, 0.15) is 24.3 Å². The Bertz CT molecular complexity index is 742. The Morgan fingerprint density at radius 3 is 2.65 bits per heavy atom. The summed E-state index contributed by atoms with van der Waals surface area (Å²) in [4.78, 5) is 18.0. The van der Waals surface area contributed by atoms with Crippen molar-refractivity contribution in [2.75, 3.05) is 0 Å². The average molecular weight is 267 g/mol. The number of pyridine rings is 1. The highest BCUT2D eigenvalue weighted by atomic mass is 16.5. The lowest BCUT2D eigenvalue weighted by atomic mass is 10.0. The molecular formula is C15H13N3O2. The van der Waals surface area contributed by atoms with Crippen molar-refractivity contribution in [3.8, 4) is 11.4 Å². The number of hydrogen-bond donors (Lipinski definition) is 1. The first-order chi connectivity index (χ1) is 9.74. The molecule has 3 aromatic rings. The van der Waals surface area contributed by atoms with E-state index in [1.807, 2.05) is 37.3 Å². The summed E-state index contributed by atoms with van der Waals surface area (Å²) in [6.07, 6.45) is 1.57. The molecule has 0 aliphatic heterocycles. The number of aromatic amines is 1. The number of aromatic nitrogens is 3. The van der Waals surface area contributed by atoms with Crippen molar-refractivity contribution >= 4 is 0 Å². The van der Waals surface area contributed by atoms with Gasteiger partial charge in [-0.15, -0.1) is 0 Å². The van der Waals surface area contributed by atoms with Gasteiger partial charge in [0.2, 0.25) is 17.3 Å². The Labute approximate surface area is 115 Å². The molecule has 1 atom stereocenters. The summed E-state index contributed by atoms with van der Waals surface area (Å²) in [5.41, 5.74) is 1.68. The molecule has 0 radical (unpaired) electrons. The second kappa shape index (κ2) is 5.13. The lowest BCUT2D eigenvalue weighted by molar-refractivity contribution is 0.371. The number of nitrogens with one attached hydrogen (secondary N) is 1. The second-order valence-corrected chi connectivity index (χ2v) is 4.53. The van der Waals surface area contributed by atoms with Crippen LogP contribution in [0.15, 0.2) is 58.0 Å². The third-order valence-corrected chi connectivity index (χ3v) is 3.15. The minimum absolute atomic E-state index is 0.0280. The fourth-order valence-electron chi connectivity index (χ4n) is 1.96. The molecule has 0 bridgehead atoms. The van der Waals surface area contributed by atoms with Crippen LogP contribution in [0, 0.1) is 0 Å². The third kappa shape index (κ3) is 2.38. The van der Waals surface area contributed by atoms with Gasteiger partial charge in [0, 0.05) is 17.8 Å².